The van der Waals surface area contributed by atoms with E-state index >= 15 is 0 Å². The first-order chi connectivity index (χ1) is 16.7. The molecule has 8 nitrogen and oxygen atoms in total. The van der Waals surface area contributed by atoms with Crippen molar-refractivity contribution < 1.29 is 14.3 Å². The number of morpholine rings is 1. The minimum absolute atomic E-state index is 0.0807. The highest BCUT2D eigenvalue weighted by Gasteiger charge is 2.22. The molecule has 0 unspecified atom stereocenters. The van der Waals surface area contributed by atoms with Crippen LogP contribution < -0.4 is 10.6 Å². The Balaban J connectivity index is 1.56. The Hall–Kier alpha value is -3.65. The summed E-state index contributed by atoms with van der Waals surface area (Å²) < 4.78 is 7.07. The van der Waals surface area contributed by atoms with Crippen molar-refractivity contribution in [2.75, 3.05) is 36.9 Å². The Morgan fingerprint density at radius 2 is 1.71 bits per heavy atom. The van der Waals surface area contributed by atoms with Crippen LogP contribution in [0.1, 0.15) is 37.6 Å². The van der Waals surface area contributed by atoms with E-state index in [1.54, 1.807) is 4.68 Å². The van der Waals surface area contributed by atoms with Gasteiger partial charge in [-0.3, -0.25) is 10.1 Å². The lowest BCUT2D eigenvalue weighted by atomic mass is 9.92. The quantitative estimate of drug-likeness (QED) is 0.568. The summed E-state index contributed by atoms with van der Waals surface area (Å²) in [6.07, 6.45) is 0.303. The number of nitrogens with one attached hydrogen (secondary N) is 2. The number of amides is 3. The zero-order valence-electron chi connectivity index (χ0n) is 20.8. The maximum absolute atomic E-state index is 12.8. The molecule has 35 heavy (non-hydrogen) atoms. The molecule has 0 bridgehead atoms. The number of aryl methyl sites for hydroxylation is 1. The van der Waals surface area contributed by atoms with Gasteiger partial charge in [-0.15, -0.1) is 0 Å². The fourth-order valence-electron chi connectivity index (χ4n) is 3.85. The first-order valence-electron chi connectivity index (χ1n) is 11.9. The maximum Gasteiger partial charge on any atom is 0.324 e. The van der Waals surface area contributed by atoms with E-state index in [1.807, 2.05) is 66.4 Å². The van der Waals surface area contributed by atoms with Gasteiger partial charge in [0.1, 0.15) is 5.82 Å². The number of rotatable bonds is 5. The lowest BCUT2D eigenvalue weighted by Gasteiger charge is -2.27. The first kappa shape index (κ1) is 24.5. The minimum Gasteiger partial charge on any atom is -0.378 e. The third-order valence-electron chi connectivity index (χ3n) is 5.90. The summed E-state index contributed by atoms with van der Waals surface area (Å²) in [5.41, 5.74) is 4.13. The van der Waals surface area contributed by atoms with Crippen molar-refractivity contribution in [1.82, 2.24) is 14.7 Å². The number of benzene rings is 2. The molecule has 8 heteroatoms. The van der Waals surface area contributed by atoms with Gasteiger partial charge < -0.3 is 15.0 Å². The standard InChI is InChI=1S/C27H33N5O3/c1-19-8-10-21(11-9-19)28-26(34)29-24-18-23(27(2,3)4)30-32(24)22-7-5-6-20(16-22)17-25(33)31-12-14-35-15-13-31/h5-11,16,18H,12-15,17H2,1-4H3,(H2,28,29,34). The van der Waals surface area contributed by atoms with Crippen LogP contribution in [0.25, 0.3) is 5.69 Å². The van der Waals surface area contributed by atoms with Gasteiger partial charge in [-0.05, 0) is 36.8 Å². The van der Waals surface area contributed by atoms with Crippen molar-refractivity contribution in [3.8, 4) is 5.69 Å². The topological polar surface area (TPSA) is 88.5 Å². The molecule has 2 aromatic carbocycles. The van der Waals surface area contributed by atoms with Crippen molar-refractivity contribution in [3.05, 3.63) is 71.4 Å². The Labute approximate surface area is 206 Å². The molecule has 2 heterocycles. The predicted molar refractivity (Wildman–Crippen MR) is 137 cm³/mol. The molecule has 1 fully saturated rings. The van der Waals surface area contributed by atoms with Crippen LogP contribution in [0.15, 0.2) is 54.6 Å². The van der Waals surface area contributed by atoms with Crippen LogP contribution in [0.4, 0.5) is 16.3 Å². The van der Waals surface area contributed by atoms with E-state index in [2.05, 4.69) is 31.4 Å². The molecular formula is C27H33N5O3. The van der Waals surface area contributed by atoms with Gasteiger partial charge in [-0.2, -0.15) is 5.10 Å². The van der Waals surface area contributed by atoms with Gasteiger partial charge in [0.25, 0.3) is 0 Å². The van der Waals surface area contributed by atoms with Gasteiger partial charge in [0.2, 0.25) is 5.91 Å². The van der Waals surface area contributed by atoms with E-state index in [9.17, 15) is 9.59 Å². The molecule has 3 aromatic rings. The Morgan fingerprint density at radius 1 is 1.00 bits per heavy atom. The Kier molecular flexibility index (Phi) is 7.21. The summed E-state index contributed by atoms with van der Waals surface area (Å²) >= 11 is 0. The number of hydrogen-bond acceptors (Lipinski definition) is 4. The summed E-state index contributed by atoms with van der Waals surface area (Å²) in [6, 6.07) is 16.9. The average Bonchev–Trinajstić information content (AvgIpc) is 3.25. The molecule has 0 atom stereocenters. The van der Waals surface area contributed by atoms with Gasteiger partial charge >= 0.3 is 6.03 Å². The fraction of sp³-hybridized carbons (Fsp3) is 0.370. The lowest BCUT2D eigenvalue weighted by molar-refractivity contribution is -0.134. The van der Waals surface area contributed by atoms with Crippen LogP contribution in [0.3, 0.4) is 0 Å². The molecule has 4 rings (SSSR count). The molecule has 2 N–H and O–H groups in total. The van der Waals surface area contributed by atoms with Gasteiger partial charge in [0.15, 0.2) is 0 Å². The van der Waals surface area contributed by atoms with Crippen molar-refractivity contribution >= 4 is 23.4 Å². The SMILES string of the molecule is Cc1ccc(NC(=O)Nc2cc(C(C)(C)C)nn2-c2cccc(CC(=O)N3CCOCC3)c2)cc1. The minimum atomic E-state index is -0.353. The zero-order valence-corrected chi connectivity index (χ0v) is 20.8. The third kappa shape index (κ3) is 6.27. The molecule has 184 valence electrons. The molecule has 1 aliphatic rings. The lowest BCUT2D eigenvalue weighted by Crippen LogP contribution is -2.41. The normalized spacial score (nSPS) is 14.0. The van der Waals surface area contributed by atoms with Crippen molar-refractivity contribution in [2.45, 2.75) is 39.5 Å². The third-order valence-corrected chi connectivity index (χ3v) is 5.90. The Morgan fingerprint density at radius 3 is 2.40 bits per heavy atom. The number of anilines is 2. The largest absolute Gasteiger partial charge is 0.378 e. The number of urea groups is 1. The zero-order chi connectivity index (χ0) is 25.0. The van der Waals surface area contributed by atoms with E-state index < -0.39 is 0 Å². The monoisotopic (exact) mass is 475 g/mol. The fourth-order valence-corrected chi connectivity index (χ4v) is 3.85. The van der Waals surface area contributed by atoms with E-state index in [0.29, 0.717) is 44.2 Å². The van der Waals surface area contributed by atoms with Crippen LogP contribution in [-0.2, 0) is 21.4 Å². The molecule has 3 amide bonds. The molecule has 1 aromatic heterocycles. The molecule has 1 aliphatic heterocycles. The van der Waals surface area contributed by atoms with Crippen molar-refractivity contribution in [1.29, 1.82) is 0 Å². The average molecular weight is 476 g/mol. The van der Waals surface area contributed by atoms with Crippen LogP contribution in [-0.4, -0.2) is 52.9 Å². The number of carbonyl (C=O) groups is 2. The van der Waals surface area contributed by atoms with Crippen molar-refractivity contribution in [2.24, 2.45) is 0 Å². The molecule has 1 saturated heterocycles. The Bertz CT molecular complexity index is 1190. The molecular weight excluding hydrogens is 442 g/mol. The van der Waals surface area contributed by atoms with Gasteiger partial charge in [-0.25, -0.2) is 9.48 Å². The molecule has 0 aliphatic carbocycles. The number of ether oxygens (including phenoxy) is 1. The summed E-state index contributed by atoms with van der Waals surface area (Å²) in [4.78, 5) is 27.4. The second kappa shape index (κ2) is 10.3. The second-order valence-corrected chi connectivity index (χ2v) is 9.86. The first-order valence-corrected chi connectivity index (χ1v) is 11.9. The highest BCUT2D eigenvalue weighted by molar-refractivity contribution is 5.99. The second-order valence-electron chi connectivity index (χ2n) is 9.86. The number of hydrogen-bond donors (Lipinski definition) is 2. The van der Waals surface area contributed by atoms with Gasteiger partial charge in [-0.1, -0.05) is 50.6 Å². The number of carbonyl (C=O) groups excluding carboxylic acids is 2. The summed E-state index contributed by atoms with van der Waals surface area (Å²) in [5.74, 6) is 0.633. The van der Waals surface area contributed by atoms with Gasteiger partial charge in [0.05, 0.1) is 31.0 Å². The molecule has 0 radical (unpaired) electrons. The van der Waals surface area contributed by atoms with E-state index in [0.717, 1.165) is 22.5 Å². The summed E-state index contributed by atoms with van der Waals surface area (Å²) in [5, 5.41) is 10.6. The van der Waals surface area contributed by atoms with E-state index in [4.69, 9.17) is 9.84 Å². The predicted octanol–water partition coefficient (Wildman–Crippen LogP) is 4.52. The van der Waals surface area contributed by atoms with Crippen LogP contribution >= 0.6 is 0 Å². The number of aromatic nitrogens is 2. The van der Waals surface area contributed by atoms with Crippen molar-refractivity contribution in [3.63, 3.8) is 0 Å². The van der Waals surface area contributed by atoms with Crippen LogP contribution in [0.2, 0.25) is 0 Å². The molecule has 0 spiro atoms. The van der Waals surface area contributed by atoms with Gasteiger partial charge in [0, 0.05) is 30.3 Å². The maximum atomic E-state index is 12.8. The summed E-state index contributed by atoms with van der Waals surface area (Å²) in [6.45, 7) is 10.6. The highest BCUT2D eigenvalue weighted by atomic mass is 16.5. The van der Waals surface area contributed by atoms with E-state index in [-0.39, 0.29) is 17.4 Å². The van der Waals surface area contributed by atoms with E-state index in [1.165, 1.54) is 0 Å². The van der Waals surface area contributed by atoms with Crippen LogP contribution in [0, 0.1) is 6.92 Å². The van der Waals surface area contributed by atoms with Crippen LogP contribution in [0.5, 0.6) is 0 Å². The smallest absolute Gasteiger partial charge is 0.324 e. The molecule has 0 saturated carbocycles. The highest BCUT2D eigenvalue weighted by Crippen LogP contribution is 2.27. The summed E-state index contributed by atoms with van der Waals surface area (Å²) in [7, 11) is 0. The number of nitrogens with zero attached hydrogens (tertiary/aromatic N) is 3.